The van der Waals surface area contributed by atoms with Gasteiger partial charge in [-0.05, 0) is 24.3 Å². The molecule has 0 aliphatic heterocycles. The molecule has 1 aromatic rings. The molecule has 1 aliphatic carbocycles. The second-order valence-corrected chi connectivity index (χ2v) is 5.17. The van der Waals surface area contributed by atoms with Crippen LogP contribution in [0.5, 0.6) is 5.75 Å². The van der Waals surface area contributed by atoms with Crippen molar-refractivity contribution in [3.05, 3.63) is 16.3 Å². The van der Waals surface area contributed by atoms with Gasteiger partial charge in [0.05, 0.1) is 19.3 Å². The fraction of sp³-hybridized carbons (Fsp3) is 0.583. The van der Waals surface area contributed by atoms with Crippen molar-refractivity contribution in [2.75, 3.05) is 7.11 Å². The van der Waals surface area contributed by atoms with Crippen LogP contribution in [-0.4, -0.2) is 30.3 Å². The molecule has 0 unspecified atom stereocenters. The van der Waals surface area contributed by atoms with Crippen LogP contribution in [0.4, 0.5) is 0 Å². The normalized spacial score (nSPS) is 24.4. The first-order chi connectivity index (χ1) is 8.22. The molecular formula is C12H17NO3S. The molecule has 1 fully saturated rings. The van der Waals surface area contributed by atoms with Crippen molar-refractivity contribution in [2.24, 2.45) is 0 Å². The molecule has 0 saturated heterocycles. The molecule has 1 heterocycles. The largest absolute Gasteiger partial charge is 0.495 e. The zero-order valence-corrected chi connectivity index (χ0v) is 10.6. The number of nitrogens with one attached hydrogen (secondary N) is 1. The number of methoxy groups -OCH3 is 1. The SMILES string of the molecule is COc1ccsc1C(=O)N[C@@H]1CCCC[C@H]1O. The molecule has 1 saturated carbocycles. The molecule has 1 amide bonds. The minimum atomic E-state index is -0.418. The second kappa shape index (κ2) is 5.51. The Labute approximate surface area is 105 Å². The highest BCUT2D eigenvalue weighted by molar-refractivity contribution is 7.12. The molecule has 1 aromatic heterocycles. The average Bonchev–Trinajstić information content (AvgIpc) is 2.80. The first-order valence-electron chi connectivity index (χ1n) is 5.83. The minimum Gasteiger partial charge on any atom is -0.495 e. The predicted octanol–water partition coefficient (Wildman–Crippen LogP) is 1.79. The molecule has 0 spiro atoms. The number of hydrogen-bond donors (Lipinski definition) is 2. The van der Waals surface area contributed by atoms with E-state index < -0.39 is 6.10 Å². The van der Waals surface area contributed by atoms with Gasteiger partial charge in [-0.15, -0.1) is 11.3 Å². The smallest absolute Gasteiger partial charge is 0.265 e. The van der Waals surface area contributed by atoms with Crippen LogP contribution in [0.2, 0.25) is 0 Å². The Kier molecular flexibility index (Phi) is 4.02. The molecule has 4 nitrogen and oxygen atoms in total. The summed E-state index contributed by atoms with van der Waals surface area (Å²) in [4.78, 5) is 12.6. The van der Waals surface area contributed by atoms with Crippen molar-refractivity contribution in [3.63, 3.8) is 0 Å². The van der Waals surface area contributed by atoms with E-state index >= 15 is 0 Å². The first kappa shape index (κ1) is 12.4. The number of aliphatic hydroxyl groups excluding tert-OH is 1. The lowest BCUT2D eigenvalue weighted by Gasteiger charge is -2.28. The third kappa shape index (κ3) is 2.79. The summed E-state index contributed by atoms with van der Waals surface area (Å²) < 4.78 is 5.11. The van der Waals surface area contributed by atoms with E-state index in [2.05, 4.69) is 5.32 Å². The fourth-order valence-electron chi connectivity index (χ4n) is 2.14. The molecule has 0 aromatic carbocycles. The summed E-state index contributed by atoms with van der Waals surface area (Å²) in [5, 5.41) is 14.5. The van der Waals surface area contributed by atoms with Crippen LogP contribution < -0.4 is 10.1 Å². The number of hydrogen-bond acceptors (Lipinski definition) is 4. The molecule has 1 aliphatic rings. The van der Waals surface area contributed by atoms with Gasteiger partial charge < -0.3 is 15.2 Å². The summed E-state index contributed by atoms with van der Waals surface area (Å²) in [5.41, 5.74) is 0. The van der Waals surface area contributed by atoms with Gasteiger partial charge in [-0.2, -0.15) is 0 Å². The van der Waals surface area contributed by atoms with Crippen LogP contribution in [0.1, 0.15) is 35.4 Å². The Balaban J connectivity index is 2.01. The van der Waals surface area contributed by atoms with Crippen molar-refractivity contribution in [1.29, 1.82) is 0 Å². The Morgan fingerprint density at radius 3 is 3.00 bits per heavy atom. The number of carbonyl (C=O) groups excluding carboxylic acids is 1. The van der Waals surface area contributed by atoms with E-state index in [9.17, 15) is 9.90 Å². The van der Waals surface area contributed by atoms with Crippen molar-refractivity contribution in [3.8, 4) is 5.75 Å². The zero-order valence-electron chi connectivity index (χ0n) is 9.81. The minimum absolute atomic E-state index is 0.122. The lowest BCUT2D eigenvalue weighted by atomic mass is 9.92. The number of ether oxygens (including phenoxy) is 1. The summed E-state index contributed by atoms with van der Waals surface area (Å²) in [7, 11) is 1.55. The van der Waals surface area contributed by atoms with Crippen molar-refractivity contribution >= 4 is 17.2 Å². The van der Waals surface area contributed by atoms with Gasteiger partial charge in [0, 0.05) is 0 Å². The summed E-state index contributed by atoms with van der Waals surface area (Å²) in [5.74, 6) is 0.445. The van der Waals surface area contributed by atoms with Gasteiger partial charge in [-0.3, -0.25) is 4.79 Å². The van der Waals surface area contributed by atoms with Crippen LogP contribution in [0.3, 0.4) is 0 Å². The number of rotatable bonds is 3. The van der Waals surface area contributed by atoms with Gasteiger partial charge >= 0.3 is 0 Å². The fourth-order valence-corrected chi connectivity index (χ4v) is 2.90. The zero-order chi connectivity index (χ0) is 12.3. The highest BCUT2D eigenvalue weighted by Gasteiger charge is 2.26. The number of amides is 1. The number of thiophene rings is 1. The average molecular weight is 255 g/mol. The van der Waals surface area contributed by atoms with Gasteiger partial charge in [0.25, 0.3) is 5.91 Å². The quantitative estimate of drug-likeness (QED) is 0.865. The Bertz CT molecular complexity index is 391. The molecule has 5 heteroatoms. The van der Waals surface area contributed by atoms with E-state index in [1.807, 2.05) is 5.38 Å². The maximum absolute atomic E-state index is 12.0. The third-order valence-electron chi connectivity index (χ3n) is 3.10. The van der Waals surface area contributed by atoms with Crippen molar-refractivity contribution in [2.45, 2.75) is 37.8 Å². The van der Waals surface area contributed by atoms with Crippen LogP contribution in [0.15, 0.2) is 11.4 Å². The highest BCUT2D eigenvalue weighted by Crippen LogP contribution is 2.25. The van der Waals surface area contributed by atoms with E-state index in [0.29, 0.717) is 10.6 Å². The van der Waals surface area contributed by atoms with Crippen LogP contribution in [0, 0.1) is 0 Å². The Hall–Kier alpha value is -1.07. The third-order valence-corrected chi connectivity index (χ3v) is 4.00. The maximum atomic E-state index is 12.0. The van der Waals surface area contributed by atoms with E-state index in [1.165, 1.54) is 11.3 Å². The summed E-state index contributed by atoms with van der Waals surface area (Å²) >= 11 is 1.35. The molecule has 0 bridgehead atoms. The maximum Gasteiger partial charge on any atom is 0.265 e. The molecular weight excluding hydrogens is 238 g/mol. The Morgan fingerprint density at radius 1 is 1.53 bits per heavy atom. The first-order valence-corrected chi connectivity index (χ1v) is 6.70. The lowest BCUT2D eigenvalue weighted by Crippen LogP contribution is -2.44. The van der Waals surface area contributed by atoms with Gasteiger partial charge in [-0.1, -0.05) is 12.8 Å². The molecule has 2 N–H and O–H groups in total. The molecule has 94 valence electrons. The summed E-state index contributed by atoms with van der Waals surface area (Å²) in [6.07, 6.45) is 3.30. The van der Waals surface area contributed by atoms with Gasteiger partial charge in [0.15, 0.2) is 0 Å². The van der Waals surface area contributed by atoms with Crippen molar-refractivity contribution in [1.82, 2.24) is 5.32 Å². The van der Waals surface area contributed by atoms with Crippen LogP contribution >= 0.6 is 11.3 Å². The monoisotopic (exact) mass is 255 g/mol. The molecule has 2 atom stereocenters. The van der Waals surface area contributed by atoms with Gasteiger partial charge in [0.2, 0.25) is 0 Å². The van der Waals surface area contributed by atoms with Crippen LogP contribution in [-0.2, 0) is 0 Å². The van der Waals surface area contributed by atoms with E-state index in [1.54, 1.807) is 13.2 Å². The topological polar surface area (TPSA) is 58.6 Å². The number of carbonyl (C=O) groups is 1. The number of aliphatic hydroxyl groups is 1. The molecule has 17 heavy (non-hydrogen) atoms. The van der Waals surface area contributed by atoms with E-state index in [4.69, 9.17) is 4.74 Å². The summed E-state index contributed by atoms with van der Waals surface area (Å²) in [6.45, 7) is 0. The second-order valence-electron chi connectivity index (χ2n) is 4.25. The molecule has 2 rings (SSSR count). The highest BCUT2D eigenvalue weighted by atomic mass is 32.1. The standard InChI is InChI=1S/C12H17NO3S/c1-16-10-6-7-17-11(10)12(15)13-8-4-2-3-5-9(8)14/h6-9,14H,2-5H2,1H3,(H,13,15)/t8-,9-/m1/s1. The van der Waals surface area contributed by atoms with Gasteiger partial charge in [0.1, 0.15) is 10.6 Å². The van der Waals surface area contributed by atoms with Gasteiger partial charge in [-0.25, -0.2) is 0 Å². The Morgan fingerprint density at radius 2 is 2.29 bits per heavy atom. The predicted molar refractivity (Wildman–Crippen MR) is 66.6 cm³/mol. The van der Waals surface area contributed by atoms with Crippen molar-refractivity contribution < 1.29 is 14.6 Å². The summed E-state index contributed by atoms with van der Waals surface area (Å²) in [6, 6.07) is 1.65. The van der Waals surface area contributed by atoms with Crippen LogP contribution in [0.25, 0.3) is 0 Å². The lowest BCUT2D eigenvalue weighted by molar-refractivity contribution is 0.0718. The van der Waals surface area contributed by atoms with E-state index in [-0.39, 0.29) is 11.9 Å². The molecule has 0 radical (unpaired) electrons. The van der Waals surface area contributed by atoms with E-state index in [0.717, 1.165) is 25.7 Å².